The minimum atomic E-state index is -3.67. The molecule has 0 bridgehead atoms. The molecule has 1 aliphatic rings. The maximum absolute atomic E-state index is 12.9. The van der Waals surface area contributed by atoms with E-state index in [1.165, 1.54) is 6.07 Å². The van der Waals surface area contributed by atoms with Crippen LogP contribution in [0.5, 0.6) is 5.75 Å². The van der Waals surface area contributed by atoms with Gasteiger partial charge in [-0.2, -0.15) is 0 Å². The molecule has 1 heterocycles. The van der Waals surface area contributed by atoms with Crippen molar-refractivity contribution in [3.63, 3.8) is 0 Å². The number of rotatable bonds is 7. The highest BCUT2D eigenvalue weighted by atomic mass is 79.9. The van der Waals surface area contributed by atoms with Crippen LogP contribution in [0.25, 0.3) is 0 Å². The van der Waals surface area contributed by atoms with Crippen molar-refractivity contribution in [3.05, 3.63) is 87.9 Å². The molecular weight excluding hydrogens is 504 g/mol. The number of sulfonamides is 1. The SMILES string of the molecule is Cc1cc(S(=O)(=O)NCc2ccccc2)ccc1OCC(=O)N1c2ccc(Br)cc2C[C@@H]1C. The molecule has 0 aliphatic carbocycles. The molecule has 0 fully saturated rings. The maximum atomic E-state index is 12.9. The van der Waals surface area contributed by atoms with Crippen molar-refractivity contribution in [2.24, 2.45) is 0 Å². The second kappa shape index (κ2) is 9.67. The Morgan fingerprint density at radius 3 is 2.61 bits per heavy atom. The number of hydrogen-bond acceptors (Lipinski definition) is 4. The zero-order valence-electron chi connectivity index (χ0n) is 18.4. The first-order chi connectivity index (χ1) is 15.7. The molecule has 33 heavy (non-hydrogen) atoms. The van der Waals surface area contributed by atoms with Gasteiger partial charge >= 0.3 is 0 Å². The number of hydrogen-bond donors (Lipinski definition) is 1. The molecule has 3 aromatic carbocycles. The number of anilines is 1. The second-order valence-electron chi connectivity index (χ2n) is 8.12. The number of carbonyl (C=O) groups excluding carboxylic acids is 1. The first kappa shape index (κ1) is 23.5. The average Bonchev–Trinajstić information content (AvgIpc) is 3.12. The molecule has 0 aromatic heterocycles. The molecule has 0 spiro atoms. The highest BCUT2D eigenvalue weighted by Crippen LogP contribution is 2.34. The molecule has 0 saturated carbocycles. The smallest absolute Gasteiger partial charge is 0.265 e. The van der Waals surface area contributed by atoms with Gasteiger partial charge in [0.15, 0.2) is 6.61 Å². The van der Waals surface area contributed by atoms with E-state index in [-0.39, 0.29) is 30.0 Å². The molecule has 1 atom stereocenters. The number of ether oxygens (including phenoxy) is 1. The summed E-state index contributed by atoms with van der Waals surface area (Å²) in [4.78, 5) is 14.8. The van der Waals surface area contributed by atoms with Crippen LogP contribution in [-0.4, -0.2) is 27.0 Å². The van der Waals surface area contributed by atoms with Crippen molar-refractivity contribution in [1.29, 1.82) is 0 Å². The normalized spacial score (nSPS) is 15.4. The van der Waals surface area contributed by atoms with Crippen LogP contribution in [0.4, 0.5) is 5.69 Å². The zero-order valence-corrected chi connectivity index (χ0v) is 20.8. The lowest BCUT2D eigenvalue weighted by Gasteiger charge is -2.23. The van der Waals surface area contributed by atoms with Crippen LogP contribution in [0.2, 0.25) is 0 Å². The summed E-state index contributed by atoms with van der Waals surface area (Å²) < 4.78 is 34.7. The summed E-state index contributed by atoms with van der Waals surface area (Å²) in [6, 6.07) is 19.9. The van der Waals surface area contributed by atoms with Crippen molar-refractivity contribution in [1.82, 2.24) is 4.72 Å². The van der Waals surface area contributed by atoms with Crippen molar-refractivity contribution in [2.45, 2.75) is 37.8 Å². The maximum Gasteiger partial charge on any atom is 0.265 e. The van der Waals surface area contributed by atoms with E-state index in [9.17, 15) is 13.2 Å². The first-order valence-electron chi connectivity index (χ1n) is 10.6. The van der Waals surface area contributed by atoms with Gasteiger partial charge in [0.1, 0.15) is 5.75 Å². The van der Waals surface area contributed by atoms with Gasteiger partial charge in [-0.3, -0.25) is 4.79 Å². The van der Waals surface area contributed by atoms with Crippen LogP contribution < -0.4 is 14.4 Å². The number of amides is 1. The summed E-state index contributed by atoms with van der Waals surface area (Å²) in [6.45, 7) is 3.86. The summed E-state index contributed by atoms with van der Waals surface area (Å²) in [6.07, 6.45) is 0.794. The molecule has 3 aromatic rings. The lowest BCUT2D eigenvalue weighted by Crippen LogP contribution is -2.39. The molecule has 1 aliphatic heterocycles. The Morgan fingerprint density at radius 1 is 1.12 bits per heavy atom. The van der Waals surface area contributed by atoms with Crippen molar-refractivity contribution >= 4 is 37.5 Å². The third-order valence-corrected chi connectivity index (χ3v) is 7.54. The van der Waals surface area contributed by atoms with Crippen LogP contribution in [0.15, 0.2) is 76.1 Å². The van der Waals surface area contributed by atoms with Gasteiger partial charge in [-0.05, 0) is 73.4 Å². The third kappa shape index (κ3) is 5.29. The molecule has 6 nitrogen and oxygen atoms in total. The van der Waals surface area contributed by atoms with E-state index >= 15 is 0 Å². The number of carbonyl (C=O) groups is 1. The summed E-state index contributed by atoms with van der Waals surface area (Å²) >= 11 is 3.48. The Kier molecular flexibility index (Phi) is 6.88. The summed E-state index contributed by atoms with van der Waals surface area (Å²) in [7, 11) is -3.67. The average molecular weight is 529 g/mol. The predicted octanol–water partition coefficient (Wildman–Crippen LogP) is 4.59. The Bertz CT molecular complexity index is 1280. The van der Waals surface area contributed by atoms with E-state index in [0.29, 0.717) is 11.3 Å². The molecule has 1 N–H and O–H groups in total. The minimum absolute atomic E-state index is 0.0507. The number of nitrogens with zero attached hydrogens (tertiary/aromatic N) is 1. The van der Waals surface area contributed by atoms with Gasteiger partial charge in [0.25, 0.3) is 5.91 Å². The van der Waals surface area contributed by atoms with Gasteiger partial charge in [0, 0.05) is 22.7 Å². The van der Waals surface area contributed by atoms with Crippen LogP contribution in [0.3, 0.4) is 0 Å². The van der Waals surface area contributed by atoms with E-state index in [0.717, 1.165) is 27.7 Å². The standard InChI is InChI=1S/C25H25BrN2O4S/c1-17-12-22(33(30,31)27-15-19-6-4-3-5-7-19)9-11-24(17)32-16-25(29)28-18(2)13-20-14-21(26)8-10-23(20)28/h3-12,14,18,27H,13,15-16H2,1-2H3/t18-/m0/s1. The predicted molar refractivity (Wildman–Crippen MR) is 132 cm³/mol. The van der Waals surface area contributed by atoms with Crippen LogP contribution >= 0.6 is 15.9 Å². The van der Waals surface area contributed by atoms with E-state index in [1.807, 2.05) is 55.5 Å². The third-order valence-electron chi connectivity index (χ3n) is 5.64. The van der Waals surface area contributed by atoms with Crippen LogP contribution in [0, 0.1) is 6.92 Å². The highest BCUT2D eigenvalue weighted by Gasteiger charge is 2.31. The molecule has 0 saturated heterocycles. The minimum Gasteiger partial charge on any atom is -0.483 e. The van der Waals surface area contributed by atoms with Gasteiger partial charge in [-0.15, -0.1) is 0 Å². The molecule has 0 unspecified atom stereocenters. The lowest BCUT2D eigenvalue weighted by atomic mass is 10.1. The van der Waals surface area contributed by atoms with E-state index in [4.69, 9.17) is 4.74 Å². The highest BCUT2D eigenvalue weighted by molar-refractivity contribution is 9.10. The van der Waals surface area contributed by atoms with Crippen molar-refractivity contribution in [3.8, 4) is 5.75 Å². The van der Waals surface area contributed by atoms with Crippen LogP contribution in [0.1, 0.15) is 23.6 Å². The topological polar surface area (TPSA) is 75.7 Å². The largest absolute Gasteiger partial charge is 0.483 e. The number of benzene rings is 3. The quantitative estimate of drug-likeness (QED) is 0.486. The molecule has 4 rings (SSSR count). The molecule has 172 valence electrons. The fourth-order valence-electron chi connectivity index (χ4n) is 4.00. The summed E-state index contributed by atoms with van der Waals surface area (Å²) in [5, 5.41) is 0. The Morgan fingerprint density at radius 2 is 1.88 bits per heavy atom. The fraction of sp³-hybridized carbons (Fsp3) is 0.240. The summed E-state index contributed by atoms with van der Waals surface area (Å²) in [5.74, 6) is 0.345. The van der Waals surface area contributed by atoms with Gasteiger partial charge in [-0.1, -0.05) is 46.3 Å². The second-order valence-corrected chi connectivity index (χ2v) is 10.8. The number of aryl methyl sites for hydroxylation is 1. The van der Waals surface area contributed by atoms with Gasteiger partial charge in [0.05, 0.1) is 4.90 Å². The Labute approximate surface area is 202 Å². The molecular formula is C25H25BrN2O4S. The Balaban J connectivity index is 1.41. The van der Waals surface area contributed by atoms with E-state index in [2.05, 4.69) is 20.7 Å². The number of fused-ring (bicyclic) bond motifs is 1. The van der Waals surface area contributed by atoms with Crippen molar-refractivity contribution < 1.29 is 17.9 Å². The lowest BCUT2D eigenvalue weighted by molar-refractivity contribution is -0.120. The van der Waals surface area contributed by atoms with Gasteiger partial charge in [-0.25, -0.2) is 13.1 Å². The Hall–Kier alpha value is -2.68. The molecule has 8 heteroatoms. The van der Waals surface area contributed by atoms with Crippen molar-refractivity contribution in [2.75, 3.05) is 11.5 Å². The number of halogens is 1. The zero-order chi connectivity index (χ0) is 23.6. The van der Waals surface area contributed by atoms with Gasteiger partial charge in [0.2, 0.25) is 10.0 Å². The fourth-order valence-corrected chi connectivity index (χ4v) is 5.51. The molecule has 0 radical (unpaired) electrons. The van der Waals surface area contributed by atoms with Gasteiger partial charge < -0.3 is 9.64 Å². The van der Waals surface area contributed by atoms with E-state index < -0.39 is 10.0 Å². The van der Waals surface area contributed by atoms with Crippen LogP contribution in [-0.2, 0) is 27.8 Å². The summed E-state index contributed by atoms with van der Waals surface area (Å²) in [5.41, 5.74) is 3.55. The monoisotopic (exact) mass is 528 g/mol. The van der Waals surface area contributed by atoms with E-state index in [1.54, 1.807) is 24.0 Å². The first-order valence-corrected chi connectivity index (χ1v) is 12.9. The molecule has 1 amide bonds. The number of nitrogens with one attached hydrogen (secondary N) is 1.